The van der Waals surface area contributed by atoms with Crippen molar-refractivity contribution in [3.63, 3.8) is 0 Å². The number of amides is 1. The van der Waals surface area contributed by atoms with E-state index in [0.29, 0.717) is 15.9 Å². The molecule has 0 fully saturated rings. The first-order valence-electron chi connectivity index (χ1n) is 5.24. The lowest BCUT2D eigenvalue weighted by Crippen LogP contribution is -2.12. The average molecular weight is 304 g/mol. The van der Waals surface area contributed by atoms with Crippen molar-refractivity contribution in [2.45, 2.75) is 6.92 Å². The predicted octanol–water partition coefficient (Wildman–Crippen LogP) is 3.58. The lowest BCUT2D eigenvalue weighted by molar-refractivity contribution is 0.0994. The maximum absolute atomic E-state index is 12.0. The first kappa shape index (κ1) is 12.5. The van der Waals surface area contributed by atoms with Crippen LogP contribution in [0.3, 0.4) is 0 Å². The minimum absolute atomic E-state index is 0.285. The van der Waals surface area contributed by atoms with E-state index in [9.17, 15) is 4.79 Å². The van der Waals surface area contributed by atoms with Gasteiger partial charge in [0.1, 0.15) is 0 Å². The summed E-state index contributed by atoms with van der Waals surface area (Å²) >= 11 is 3.19. The predicted molar refractivity (Wildman–Crippen MR) is 73.5 cm³/mol. The summed E-state index contributed by atoms with van der Waals surface area (Å²) in [6.07, 6.45) is 5.30. The minimum atomic E-state index is -0.299. The van der Waals surface area contributed by atoms with Crippen LogP contribution in [0, 0.1) is 19.3 Å². The van der Waals surface area contributed by atoms with Gasteiger partial charge in [0, 0.05) is 16.8 Å². The van der Waals surface area contributed by atoms with Crippen LogP contribution in [0.4, 0.5) is 5.69 Å². The SMILES string of the molecule is C#Cc1cccc(NC(=O)c2oc(Br)cc2C)c1. The van der Waals surface area contributed by atoms with E-state index in [-0.39, 0.29) is 11.7 Å². The van der Waals surface area contributed by atoms with Crippen LogP contribution in [0.15, 0.2) is 39.4 Å². The molecule has 0 saturated carbocycles. The lowest BCUT2D eigenvalue weighted by Gasteiger charge is -2.04. The quantitative estimate of drug-likeness (QED) is 0.862. The van der Waals surface area contributed by atoms with Crippen LogP contribution in [0.5, 0.6) is 0 Å². The molecule has 0 atom stereocenters. The molecule has 0 aliphatic rings. The summed E-state index contributed by atoms with van der Waals surface area (Å²) < 4.78 is 5.80. The van der Waals surface area contributed by atoms with Crippen molar-refractivity contribution in [1.29, 1.82) is 0 Å². The minimum Gasteiger partial charge on any atom is -0.444 e. The maximum Gasteiger partial charge on any atom is 0.291 e. The van der Waals surface area contributed by atoms with Crippen LogP contribution in [0.25, 0.3) is 0 Å². The number of carbonyl (C=O) groups is 1. The number of hydrogen-bond donors (Lipinski definition) is 1. The Balaban J connectivity index is 2.21. The smallest absolute Gasteiger partial charge is 0.291 e. The summed E-state index contributed by atoms with van der Waals surface area (Å²) in [6.45, 7) is 1.81. The van der Waals surface area contributed by atoms with E-state index >= 15 is 0 Å². The van der Waals surface area contributed by atoms with E-state index in [1.807, 2.05) is 0 Å². The maximum atomic E-state index is 12.0. The number of nitrogens with one attached hydrogen (secondary N) is 1. The molecular weight excluding hydrogens is 294 g/mol. The Bertz CT molecular complexity index is 637. The van der Waals surface area contributed by atoms with Crippen molar-refractivity contribution in [3.05, 3.63) is 51.9 Å². The number of hydrogen-bond acceptors (Lipinski definition) is 2. The third-order valence-corrected chi connectivity index (χ3v) is 2.77. The van der Waals surface area contributed by atoms with Gasteiger partial charge in [0.2, 0.25) is 0 Å². The number of terminal acetylenes is 1. The van der Waals surface area contributed by atoms with Crippen molar-refractivity contribution in [3.8, 4) is 12.3 Å². The second-order valence-corrected chi connectivity index (χ2v) is 4.52. The summed E-state index contributed by atoms with van der Waals surface area (Å²) in [4.78, 5) is 12.0. The molecule has 1 heterocycles. The first-order chi connectivity index (χ1) is 8.60. The van der Waals surface area contributed by atoms with Crippen molar-refractivity contribution >= 4 is 27.5 Å². The van der Waals surface area contributed by atoms with E-state index < -0.39 is 0 Å². The van der Waals surface area contributed by atoms with Crippen LogP contribution in [0.1, 0.15) is 21.7 Å². The van der Waals surface area contributed by atoms with Crippen LogP contribution in [-0.2, 0) is 0 Å². The molecule has 18 heavy (non-hydrogen) atoms. The molecule has 0 aliphatic heterocycles. The standard InChI is InChI=1S/C14H10BrNO2/c1-3-10-5-4-6-11(8-10)16-14(17)13-9(2)7-12(15)18-13/h1,4-8H,2H3,(H,16,17). The average Bonchev–Trinajstić information content (AvgIpc) is 2.69. The Morgan fingerprint density at radius 3 is 2.83 bits per heavy atom. The van der Waals surface area contributed by atoms with Crippen molar-refractivity contribution in [2.75, 3.05) is 5.32 Å². The molecule has 1 aromatic heterocycles. The number of carbonyl (C=O) groups excluding carboxylic acids is 1. The third-order valence-electron chi connectivity index (χ3n) is 2.38. The highest BCUT2D eigenvalue weighted by Crippen LogP contribution is 2.21. The fourth-order valence-electron chi connectivity index (χ4n) is 1.54. The summed E-state index contributed by atoms with van der Waals surface area (Å²) in [6, 6.07) is 8.82. The van der Waals surface area contributed by atoms with Crippen LogP contribution in [0.2, 0.25) is 0 Å². The summed E-state index contributed by atoms with van der Waals surface area (Å²) in [7, 11) is 0. The third kappa shape index (κ3) is 2.63. The van der Waals surface area contributed by atoms with Crippen LogP contribution < -0.4 is 5.32 Å². The number of halogens is 1. The largest absolute Gasteiger partial charge is 0.444 e. The number of aryl methyl sites for hydroxylation is 1. The Hall–Kier alpha value is -1.99. The molecule has 4 heteroatoms. The van der Waals surface area contributed by atoms with Gasteiger partial charge in [0.15, 0.2) is 10.4 Å². The molecule has 0 unspecified atom stereocenters. The highest BCUT2D eigenvalue weighted by Gasteiger charge is 2.14. The zero-order valence-corrected chi connectivity index (χ0v) is 11.2. The fourth-order valence-corrected chi connectivity index (χ4v) is 2.05. The monoisotopic (exact) mass is 303 g/mol. The molecule has 0 saturated heterocycles. The normalized spacial score (nSPS) is 9.83. The molecule has 1 N–H and O–H groups in total. The Labute approximate surface area is 113 Å². The molecular formula is C14H10BrNO2. The number of benzene rings is 1. The van der Waals surface area contributed by atoms with E-state index in [1.54, 1.807) is 37.3 Å². The molecule has 2 aromatic rings. The van der Waals surface area contributed by atoms with Crippen LogP contribution >= 0.6 is 15.9 Å². The molecule has 90 valence electrons. The van der Waals surface area contributed by atoms with E-state index in [2.05, 4.69) is 27.2 Å². The van der Waals surface area contributed by atoms with Gasteiger partial charge in [-0.2, -0.15) is 0 Å². The topological polar surface area (TPSA) is 42.2 Å². The molecule has 0 radical (unpaired) electrons. The molecule has 1 amide bonds. The van der Waals surface area contributed by atoms with Crippen molar-refractivity contribution < 1.29 is 9.21 Å². The van der Waals surface area contributed by atoms with Gasteiger partial charge in [-0.15, -0.1) is 6.42 Å². The van der Waals surface area contributed by atoms with Gasteiger partial charge in [0.25, 0.3) is 5.91 Å². The second kappa shape index (κ2) is 5.11. The Kier molecular flexibility index (Phi) is 3.54. The zero-order chi connectivity index (χ0) is 13.1. The molecule has 3 nitrogen and oxygen atoms in total. The summed E-state index contributed by atoms with van der Waals surface area (Å²) in [5.41, 5.74) is 2.12. The fraction of sp³-hybridized carbons (Fsp3) is 0.0714. The molecule has 2 rings (SSSR count). The summed E-state index contributed by atoms with van der Waals surface area (Å²) in [5, 5.41) is 2.74. The van der Waals surface area contributed by atoms with E-state index in [4.69, 9.17) is 10.8 Å². The van der Waals surface area contributed by atoms with Crippen molar-refractivity contribution in [2.24, 2.45) is 0 Å². The Morgan fingerprint density at radius 1 is 1.44 bits per heavy atom. The van der Waals surface area contributed by atoms with Gasteiger partial charge in [-0.05, 0) is 47.1 Å². The highest BCUT2D eigenvalue weighted by atomic mass is 79.9. The van der Waals surface area contributed by atoms with Crippen LogP contribution in [-0.4, -0.2) is 5.91 Å². The highest BCUT2D eigenvalue weighted by molar-refractivity contribution is 9.10. The zero-order valence-electron chi connectivity index (χ0n) is 9.66. The number of rotatable bonds is 2. The summed E-state index contributed by atoms with van der Waals surface area (Å²) in [5.74, 6) is 2.50. The van der Waals surface area contributed by atoms with Gasteiger partial charge >= 0.3 is 0 Å². The lowest BCUT2D eigenvalue weighted by atomic mass is 10.2. The number of anilines is 1. The van der Waals surface area contributed by atoms with Gasteiger partial charge < -0.3 is 9.73 Å². The van der Waals surface area contributed by atoms with Gasteiger partial charge in [0.05, 0.1) is 0 Å². The van der Waals surface area contributed by atoms with Crippen molar-refractivity contribution in [1.82, 2.24) is 0 Å². The van der Waals surface area contributed by atoms with Gasteiger partial charge in [-0.1, -0.05) is 12.0 Å². The first-order valence-corrected chi connectivity index (χ1v) is 6.03. The molecule has 0 bridgehead atoms. The van der Waals surface area contributed by atoms with Gasteiger partial charge in [-0.25, -0.2) is 0 Å². The van der Waals surface area contributed by atoms with Gasteiger partial charge in [-0.3, -0.25) is 4.79 Å². The second-order valence-electron chi connectivity index (χ2n) is 3.74. The molecule has 1 aromatic carbocycles. The van der Waals surface area contributed by atoms with E-state index in [0.717, 1.165) is 5.56 Å². The molecule has 0 spiro atoms. The Morgan fingerprint density at radius 2 is 2.22 bits per heavy atom. The molecule has 0 aliphatic carbocycles. The number of furan rings is 1. The van der Waals surface area contributed by atoms with E-state index in [1.165, 1.54) is 0 Å².